The molecule has 5 nitrogen and oxygen atoms in total. The van der Waals surface area contributed by atoms with Crippen LogP contribution in [0.15, 0.2) is 0 Å². The minimum Gasteiger partial charge on any atom is -0.379 e. The zero-order chi connectivity index (χ0) is 16.4. The fraction of sp³-hybridized carbons (Fsp3) is 0.947. The molecule has 0 aromatic rings. The van der Waals surface area contributed by atoms with Crippen LogP contribution in [0.4, 0.5) is 0 Å². The van der Waals surface area contributed by atoms with Gasteiger partial charge in [-0.1, -0.05) is 12.8 Å². The maximum Gasteiger partial charge on any atom is 0.239 e. The molecule has 3 heterocycles. The fourth-order valence-electron chi connectivity index (χ4n) is 5.29. The number of carbonyl (C=O) groups is 1. The number of ether oxygens (including phenoxy) is 1. The number of piperidine rings is 1. The van der Waals surface area contributed by atoms with E-state index in [1.165, 1.54) is 38.5 Å². The average molecular weight is 408 g/mol. The van der Waals surface area contributed by atoms with Crippen LogP contribution in [0.5, 0.6) is 0 Å². The van der Waals surface area contributed by atoms with E-state index in [2.05, 4.69) is 15.1 Å². The number of halogens is 2. The number of likely N-dealkylation sites (tertiary alicyclic amines) is 1. The van der Waals surface area contributed by atoms with Gasteiger partial charge < -0.3 is 15.0 Å². The van der Waals surface area contributed by atoms with Gasteiger partial charge in [0.15, 0.2) is 0 Å². The van der Waals surface area contributed by atoms with Gasteiger partial charge in [-0.3, -0.25) is 9.69 Å². The summed E-state index contributed by atoms with van der Waals surface area (Å²) in [5.41, 5.74) is 0. The Kier molecular flexibility index (Phi) is 8.95. The molecule has 4 atom stereocenters. The second kappa shape index (κ2) is 10.5. The number of amides is 1. The van der Waals surface area contributed by atoms with Crippen LogP contribution in [0.25, 0.3) is 0 Å². The molecule has 4 aliphatic rings. The van der Waals surface area contributed by atoms with E-state index in [0.717, 1.165) is 58.3 Å². The molecular weight excluding hydrogens is 373 g/mol. The van der Waals surface area contributed by atoms with E-state index in [9.17, 15) is 4.79 Å². The molecule has 7 heteroatoms. The van der Waals surface area contributed by atoms with Gasteiger partial charge in [0, 0.05) is 38.8 Å². The summed E-state index contributed by atoms with van der Waals surface area (Å²) in [5, 5.41) is 3.67. The van der Waals surface area contributed by atoms with Crippen LogP contribution in [0.3, 0.4) is 0 Å². The summed E-state index contributed by atoms with van der Waals surface area (Å²) in [6.45, 7) is 6.90. The minimum absolute atomic E-state index is 0. The molecule has 0 radical (unpaired) electrons. The average Bonchev–Trinajstić information content (AvgIpc) is 3.06. The van der Waals surface area contributed by atoms with Crippen LogP contribution < -0.4 is 5.32 Å². The van der Waals surface area contributed by atoms with Crippen molar-refractivity contribution >= 4 is 30.7 Å². The number of morpholine rings is 1. The summed E-state index contributed by atoms with van der Waals surface area (Å²) >= 11 is 0. The van der Waals surface area contributed by atoms with Crippen LogP contribution >= 0.6 is 24.8 Å². The first-order chi connectivity index (χ1) is 11.8. The molecule has 0 aromatic heterocycles. The van der Waals surface area contributed by atoms with Crippen molar-refractivity contribution in [3.63, 3.8) is 0 Å². The number of nitrogens with one attached hydrogen (secondary N) is 1. The zero-order valence-corrected chi connectivity index (χ0v) is 17.4. The highest BCUT2D eigenvalue weighted by Crippen LogP contribution is 2.34. The molecule has 1 amide bonds. The fourth-order valence-corrected chi connectivity index (χ4v) is 5.29. The van der Waals surface area contributed by atoms with Gasteiger partial charge in [-0.15, -0.1) is 24.8 Å². The van der Waals surface area contributed by atoms with Crippen LogP contribution in [0.2, 0.25) is 0 Å². The summed E-state index contributed by atoms with van der Waals surface area (Å²) in [4.78, 5) is 17.7. The van der Waals surface area contributed by atoms with E-state index in [-0.39, 0.29) is 30.9 Å². The Labute approximate surface area is 170 Å². The molecular formula is C19H35Cl2N3O2. The summed E-state index contributed by atoms with van der Waals surface area (Å²) in [7, 11) is 0. The Bertz CT molecular complexity index is 435. The Balaban J connectivity index is 0.00000121. The van der Waals surface area contributed by atoms with E-state index in [1.807, 2.05) is 0 Å². The van der Waals surface area contributed by atoms with Crippen molar-refractivity contribution in [1.82, 2.24) is 15.1 Å². The summed E-state index contributed by atoms with van der Waals surface area (Å²) in [5.74, 6) is 1.78. The number of rotatable bonds is 3. The molecule has 0 bridgehead atoms. The van der Waals surface area contributed by atoms with Crippen LogP contribution in [-0.4, -0.2) is 73.7 Å². The zero-order valence-electron chi connectivity index (χ0n) is 15.7. The molecule has 26 heavy (non-hydrogen) atoms. The monoisotopic (exact) mass is 407 g/mol. The van der Waals surface area contributed by atoms with Gasteiger partial charge in [-0.2, -0.15) is 0 Å². The molecule has 3 aliphatic heterocycles. The lowest BCUT2D eigenvalue weighted by Gasteiger charge is -2.37. The first-order valence-corrected chi connectivity index (χ1v) is 10.1. The highest BCUT2D eigenvalue weighted by Gasteiger charge is 2.40. The lowest BCUT2D eigenvalue weighted by atomic mass is 9.85. The largest absolute Gasteiger partial charge is 0.379 e. The third kappa shape index (κ3) is 5.26. The summed E-state index contributed by atoms with van der Waals surface area (Å²) in [6, 6.07) is 0.710. The van der Waals surface area contributed by atoms with Crippen LogP contribution in [-0.2, 0) is 9.53 Å². The molecule has 0 aromatic carbocycles. The number of hydrogen-bond donors (Lipinski definition) is 1. The smallest absolute Gasteiger partial charge is 0.239 e. The SMILES string of the molecule is Cl.Cl.O=C(C1CC2CCCCC2N1)N1CCCC(CN2CCOCC2)C1. The third-order valence-electron chi connectivity index (χ3n) is 6.61. The van der Waals surface area contributed by atoms with Gasteiger partial charge in [0.1, 0.15) is 0 Å². The quantitative estimate of drug-likeness (QED) is 0.779. The van der Waals surface area contributed by atoms with Gasteiger partial charge in [-0.05, 0) is 43.9 Å². The van der Waals surface area contributed by atoms with Crippen molar-refractivity contribution in [1.29, 1.82) is 0 Å². The molecule has 1 saturated carbocycles. The third-order valence-corrected chi connectivity index (χ3v) is 6.61. The highest BCUT2D eigenvalue weighted by atomic mass is 35.5. The van der Waals surface area contributed by atoms with E-state index in [0.29, 0.717) is 17.9 Å². The Morgan fingerprint density at radius 1 is 1.00 bits per heavy atom. The van der Waals surface area contributed by atoms with E-state index >= 15 is 0 Å². The van der Waals surface area contributed by atoms with E-state index in [4.69, 9.17) is 4.74 Å². The van der Waals surface area contributed by atoms with Crippen LogP contribution in [0, 0.1) is 11.8 Å². The van der Waals surface area contributed by atoms with E-state index in [1.54, 1.807) is 0 Å². The van der Waals surface area contributed by atoms with Crippen molar-refractivity contribution in [3.05, 3.63) is 0 Å². The minimum atomic E-state index is 0. The molecule has 152 valence electrons. The highest BCUT2D eigenvalue weighted by molar-refractivity contribution is 5.85. The molecule has 1 aliphatic carbocycles. The molecule has 4 unspecified atom stereocenters. The maximum absolute atomic E-state index is 13.0. The van der Waals surface area contributed by atoms with Crippen molar-refractivity contribution < 1.29 is 9.53 Å². The lowest BCUT2D eigenvalue weighted by molar-refractivity contribution is -0.135. The number of hydrogen-bond acceptors (Lipinski definition) is 4. The first kappa shape index (κ1) is 22.2. The van der Waals surface area contributed by atoms with Crippen molar-refractivity contribution in [2.75, 3.05) is 45.9 Å². The van der Waals surface area contributed by atoms with Gasteiger partial charge in [0.2, 0.25) is 5.91 Å². The predicted octanol–water partition coefficient (Wildman–Crippen LogP) is 2.32. The predicted molar refractivity (Wildman–Crippen MR) is 108 cm³/mol. The van der Waals surface area contributed by atoms with Gasteiger partial charge in [-0.25, -0.2) is 0 Å². The van der Waals surface area contributed by atoms with Crippen molar-refractivity contribution in [2.24, 2.45) is 11.8 Å². The summed E-state index contributed by atoms with van der Waals surface area (Å²) in [6.07, 6.45) is 8.80. The first-order valence-electron chi connectivity index (χ1n) is 10.1. The van der Waals surface area contributed by atoms with Crippen molar-refractivity contribution in [3.8, 4) is 0 Å². The van der Waals surface area contributed by atoms with Gasteiger partial charge >= 0.3 is 0 Å². The standard InChI is InChI=1S/C19H33N3O2.2ClH/c23-19(18-12-16-5-1-2-6-17(16)20-18)22-7-3-4-15(14-22)13-21-8-10-24-11-9-21;;/h15-18,20H,1-14H2;2*1H. The number of nitrogens with zero attached hydrogens (tertiary/aromatic N) is 2. The molecule has 3 saturated heterocycles. The molecule has 4 fully saturated rings. The molecule has 4 rings (SSSR count). The molecule has 1 N–H and O–H groups in total. The van der Waals surface area contributed by atoms with Gasteiger partial charge in [0.25, 0.3) is 0 Å². The van der Waals surface area contributed by atoms with Gasteiger partial charge in [0.05, 0.1) is 19.3 Å². The Morgan fingerprint density at radius 2 is 1.77 bits per heavy atom. The second-order valence-electron chi connectivity index (χ2n) is 8.31. The number of carbonyl (C=O) groups excluding carboxylic acids is 1. The van der Waals surface area contributed by atoms with Crippen molar-refractivity contribution in [2.45, 2.75) is 57.0 Å². The molecule has 0 spiro atoms. The number of fused-ring (bicyclic) bond motifs is 1. The Hall–Kier alpha value is -0.0700. The lowest BCUT2D eigenvalue weighted by Crippen LogP contribution is -2.51. The topological polar surface area (TPSA) is 44.8 Å². The maximum atomic E-state index is 13.0. The summed E-state index contributed by atoms with van der Waals surface area (Å²) < 4.78 is 5.45. The second-order valence-corrected chi connectivity index (χ2v) is 8.31. The van der Waals surface area contributed by atoms with E-state index < -0.39 is 0 Å². The normalized spacial score (nSPS) is 35.2. The Morgan fingerprint density at radius 3 is 2.54 bits per heavy atom. The van der Waals surface area contributed by atoms with Crippen LogP contribution in [0.1, 0.15) is 44.9 Å².